The number of carbonyl (C=O) groups excluding carboxylic acids is 3. The topological polar surface area (TPSA) is 91.3 Å². The Kier molecular flexibility index (Phi) is 8.97. The molecule has 168 valence electrons. The van der Waals surface area contributed by atoms with Crippen LogP contribution >= 0.6 is 0 Å². The molecule has 1 aromatic carbocycles. The van der Waals surface area contributed by atoms with Gasteiger partial charge in [-0.3, -0.25) is 9.59 Å². The number of benzene rings is 1. The zero-order valence-corrected chi connectivity index (χ0v) is 18.9. The van der Waals surface area contributed by atoms with E-state index in [-0.39, 0.29) is 40.6 Å². The van der Waals surface area contributed by atoms with Crippen LogP contribution in [0.15, 0.2) is 23.4 Å². The SMILES string of the molecule is CCCCCC(=O)ON=C(CCC(C)C)c1cc(OC)c2c(c1OC)C(=O)C=CC2=O. The molecular weight excluding hydrogens is 398 g/mol. The fraction of sp³-hybridized carbons (Fsp3) is 0.500. The highest BCUT2D eigenvalue weighted by Crippen LogP contribution is 2.38. The summed E-state index contributed by atoms with van der Waals surface area (Å²) in [7, 11) is 2.86. The average molecular weight is 430 g/mol. The zero-order chi connectivity index (χ0) is 23.0. The van der Waals surface area contributed by atoms with Gasteiger partial charge < -0.3 is 14.3 Å². The minimum atomic E-state index is -0.409. The van der Waals surface area contributed by atoms with Crippen molar-refractivity contribution in [2.45, 2.75) is 59.3 Å². The molecule has 0 bridgehead atoms. The first-order valence-corrected chi connectivity index (χ1v) is 10.7. The van der Waals surface area contributed by atoms with E-state index in [1.54, 1.807) is 6.07 Å². The predicted octanol–water partition coefficient (Wildman–Crippen LogP) is 4.90. The average Bonchev–Trinajstić information content (AvgIpc) is 2.75. The highest BCUT2D eigenvalue weighted by molar-refractivity contribution is 6.25. The van der Waals surface area contributed by atoms with Gasteiger partial charge in [0.1, 0.15) is 11.5 Å². The number of methoxy groups -OCH3 is 2. The van der Waals surface area contributed by atoms with Gasteiger partial charge in [-0.2, -0.15) is 0 Å². The number of allylic oxidation sites excluding steroid dienone is 2. The maximum Gasteiger partial charge on any atom is 0.335 e. The summed E-state index contributed by atoms with van der Waals surface area (Å²) in [6.07, 6.45) is 6.69. The summed E-state index contributed by atoms with van der Waals surface area (Å²) >= 11 is 0. The first kappa shape index (κ1) is 24.3. The largest absolute Gasteiger partial charge is 0.496 e. The lowest BCUT2D eigenvalue weighted by Crippen LogP contribution is -2.18. The van der Waals surface area contributed by atoms with Crippen molar-refractivity contribution in [1.29, 1.82) is 0 Å². The Morgan fingerprint density at radius 1 is 1.00 bits per heavy atom. The lowest BCUT2D eigenvalue weighted by atomic mass is 9.88. The molecule has 0 heterocycles. The van der Waals surface area contributed by atoms with Gasteiger partial charge in [-0.25, -0.2) is 4.79 Å². The lowest BCUT2D eigenvalue weighted by Gasteiger charge is -2.20. The molecule has 0 fully saturated rings. The molecule has 0 spiro atoms. The van der Waals surface area contributed by atoms with E-state index in [1.807, 2.05) is 0 Å². The molecule has 0 amide bonds. The van der Waals surface area contributed by atoms with E-state index in [0.29, 0.717) is 23.6 Å². The van der Waals surface area contributed by atoms with Gasteiger partial charge in [0, 0.05) is 12.0 Å². The van der Waals surface area contributed by atoms with Crippen molar-refractivity contribution in [2.75, 3.05) is 14.2 Å². The fourth-order valence-corrected chi connectivity index (χ4v) is 3.35. The van der Waals surface area contributed by atoms with E-state index in [0.717, 1.165) is 25.7 Å². The quantitative estimate of drug-likeness (QED) is 0.215. The monoisotopic (exact) mass is 429 g/mol. The van der Waals surface area contributed by atoms with Crippen molar-refractivity contribution < 1.29 is 28.7 Å². The van der Waals surface area contributed by atoms with Crippen LogP contribution in [-0.2, 0) is 9.63 Å². The predicted molar refractivity (Wildman–Crippen MR) is 118 cm³/mol. The number of ether oxygens (including phenoxy) is 2. The van der Waals surface area contributed by atoms with E-state index in [1.165, 1.54) is 26.4 Å². The van der Waals surface area contributed by atoms with Crippen LogP contribution in [0.25, 0.3) is 0 Å². The molecule has 0 aliphatic heterocycles. The Morgan fingerprint density at radius 3 is 2.26 bits per heavy atom. The number of unbranched alkanes of at least 4 members (excludes halogenated alkanes) is 2. The van der Waals surface area contributed by atoms with Crippen LogP contribution in [0.2, 0.25) is 0 Å². The molecule has 0 N–H and O–H groups in total. The Hall–Kier alpha value is -2.96. The van der Waals surface area contributed by atoms with Crippen LogP contribution in [0.4, 0.5) is 0 Å². The lowest BCUT2D eigenvalue weighted by molar-refractivity contribution is -0.143. The smallest absolute Gasteiger partial charge is 0.335 e. The summed E-state index contributed by atoms with van der Waals surface area (Å²) in [5.41, 5.74) is 1.23. The Balaban J connectivity index is 2.53. The summed E-state index contributed by atoms with van der Waals surface area (Å²) in [5, 5.41) is 4.14. The number of oxime groups is 1. The van der Waals surface area contributed by atoms with Gasteiger partial charge in [0.2, 0.25) is 0 Å². The summed E-state index contributed by atoms with van der Waals surface area (Å²) in [4.78, 5) is 42.4. The van der Waals surface area contributed by atoms with Gasteiger partial charge in [-0.05, 0) is 43.4 Å². The molecule has 2 rings (SSSR count). The number of hydrogen-bond donors (Lipinski definition) is 0. The Morgan fingerprint density at radius 2 is 1.68 bits per heavy atom. The Labute approximate surface area is 183 Å². The molecule has 0 unspecified atom stereocenters. The van der Waals surface area contributed by atoms with E-state index < -0.39 is 5.97 Å². The minimum absolute atomic E-state index is 0.135. The van der Waals surface area contributed by atoms with E-state index in [9.17, 15) is 14.4 Å². The van der Waals surface area contributed by atoms with Gasteiger partial charge >= 0.3 is 5.97 Å². The Bertz CT molecular complexity index is 898. The molecular formula is C24H31NO6. The first-order valence-electron chi connectivity index (χ1n) is 10.7. The molecule has 1 aliphatic carbocycles. The van der Waals surface area contributed by atoms with Crippen LogP contribution in [0.1, 0.15) is 85.6 Å². The number of ketones is 2. The highest BCUT2D eigenvalue weighted by Gasteiger charge is 2.31. The second-order valence-electron chi connectivity index (χ2n) is 7.86. The van der Waals surface area contributed by atoms with Crippen LogP contribution in [0, 0.1) is 5.92 Å². The van der Waals surface area contributed by atoms with Crippen LogP contribution in [0.3, 0.4) is 0 Å². The summed E-state index contributed by atoms with van der Waals surface area (Å²) in [5.74, 6) is -0.246. The highest BCUT2D eigenvalue weighted by atomic mass is 16.7. The third-order valence-electron chi connectivity index (χ3n) is 5.06. The number of rotatable bonds is 11. The maximum atomic E-state index is 12.6. The van der Waals surface area contributed by atoms with Gasteiger partial charge in [-0.1, -0.05) is 38.8 Å². The van der Waals surface area contributed by atoms with Gasteiger partial charge in [0.15, 0.2) is 11.6 Å². The molecule has 7 nitrogen and oxygen atoms in total. The van der Waals surface area contributed by atoms with Crippen LogP contribution in [0.5, 0.6) is 11.5 Å². The van der Waals surface area contributed by atoms with Crippen LogP contribution < -0.4 is 9.47 Å². The molecule has 0 aromatic heterocycles. The van der Waals surface area contributed by atoms with Crippen molar-refractivity contribution in [2.24, 2.45) is 11.1 Å². The number of fused-ring (bicyclic) bond motifs is 1. The summed E-state index contributed by atoms with van der Waals surface area (Å²) in [6, 6.07) is 1.62. The maximum absolute atomic E-state index is 12.6. The molecule has 0 saturated heterocycles. The first-order chi connectivity index (χ1) is 14.8. The second kappa shape index (κ2) is 11.4. The minimum Gasteiger partial charge on any atom is -0.496 e. The third kappa shape index (κ3) is 6.03. The zero-order valence-electron chi connectivity index (χ0n) is 18.9. The molecule has 0 atom stereocenters. The summed E-state index contributed by atoms with van der Waals surface area (Å²) < 4.78 is 11.0. The molecule has 1 aliphatic rings. The van der Waals surface area contributed by atoms with Crippen LogP contribution in [-0.4, -0.2) is 37.5 Å². The van der Waals surface area contributed by atoms with E-state index in [2.05, 4.69) is 25.9 Å². The van der Waals surface area contributed by atoms with E-state index >= 15 is 0 Å². The van der Waals surface area contributed by atoms with Gasteiger partial charge in [0.25, 0.3) is 0 Å². The van der Waals surface area contributed by atoms with Crippen molar-refractivity contribution >= 4 is 23.2 Å². The van der Waals surface area contributed by atoms with Crippen molar-refractivity contribution in [3.8, 4) is 11.5 Å². The molecule has 1 aromatic rings. The molecule has 0 saturated carbocycles. The summed E-state index contributed by atoms with van der Waals surface area (Å²) in [6.45, 7) is 6.21. The molecule has 31 heavy (non-hydrogen) atoms. The normalized spacial score (nSPS) is 13.4. The number of nitrogens with zero attached hydrogens (tertiary/aromatic N) is 1. The van der Waals surface area contributed by atoms with Crippen molar-refractivity contribution in [3.05, 3.63) is 34.9 Å². The van der Waals surface area contributed by atoms with Gasteiger partial charge in [-0.15, -0.1) is 0 Å². The van der Waals surface area contributed by atoms with Crippen molar-refractivity contribution in [3.63, 3.8) is 0 Å². The van der Waals surface area contributed by atoms with Gasteiger partial charge in [0.05, 0.1) is 31.1 Å². The number of hydrogen-bond acceptors (Lipinski definition) is 7. The molecule has 7 heteroatoms. The molecule has 0 radical (unpaired) electrons. The third-order valence-corrected chi connectivity index (χ3v) is 5.06. The van der Waals surface area contributed by atoms with Crippen molar-refractivity contribution in [1.82, 2.24) is 0 Å². The fourth-order valence-electron chi connectivity index (χ4n) is 3.35. The van der Waals surface area contributed by atoms with E-state index in [4.69, 9.17) is 14.3 Å². The second-order valence-corrected chi connectivity index (χ2v) is 7.86. The standard InChI is InChI=1S/C24H31NO6/c1-6-7-8-9-21(28)31-25-17(11-10-15(2)3)16-14-20(29-4)22-18(26)12-13-19(27)23(22)24(16)30-5/h12-15H,6-11H2,1-5H3. The number of carbonyl (C=O) groups is 3.